The van der Waals surface area contributed by atoms with E-state index in [9.17, 15) is 0 Å². The molecule has 0 atom stereocenters. The molecule has 0 N–H and O–H groups in total. The van der Waals surface area contributed by atoms with Gasteiger partial charge in [0, 0.05) is 27.8 Å². The van der Waals surface area contributed by atoms with E-state index in [-0.39, 0.29) is 0 Å². The van der Waals surface area contributed by atoms with Crippen LogP contribution >= 0.6 is 0 Å². The first kappa shape index (κ1) is 35.2. The van der Waals surface area contributed by atoms with E-state index in [1.54, 1.807) is 0 Å². The summed E-state index contributed by atoms with van der Waals surface area (Å²) in [6.45, 7) is 0. The third-order valence-electron chi connectivity index (χ3n) is 11.7. The lowest BCUT2D eigenvalue weighted by Crippen LogP contribution is -2.09. The van der Waals surface area contributed by atoms with E-state index in [4.69, 9.17) is 4.42 Å². The number of hydrogen-bond acceptors (Lipinski definition) is 2. The fourth-order valence-corrected chi connectivity index (χ4v) is 8.59. The van der Waals surface area contributed by atoms with Crippen molar-refractivity contribution in [2.24, 2.45) is 0 Å². The maximum Gasteiger partial charge on any atom is 0.135 e. The Bertz CT molecular complexity index is 3270. The second-order valence-corrected chi connectivity index (χ2v) is 15.3. The van der Waals surface area contributed by atoms with Crippen molar-refractivity contribution in [2.45, 2.75) is 0 Å². The second kappa shape index (κ2) is 15.1. The standard InChI is InChI=1S/C58H39NO/c1-2-10-40(11-3-1)47-14-8-15-48(38-47)44-26-33-51(34-27-44)59(52-35-28-46(29-36-52)54-18-9-13-45-12-4-5-16-53(45)54)50-31-24-42(25-32-50)41-20-22-43(23-21-41)49-30-37-58-56(39-49)55-17-6-7-19-57(55)60-58/h1-39H. The first-order valence-corrected chi connectivity index (χ1v) is 20.5. The van der Waals surface area contributed by atoms with Crippen LogP contribution in [0.3, 0.4) is 0 Å². The Kier molecular flexibility index (Phi) is 8.87. The highest BCUT2D eigenvalue weighted by molar-refractivity contribution is 6.06. The van der Waals surface area contributed by atoms with Crippen molar-refractivity contribution in [3.63, 3.8) is 0 Å². The van der Waals surface area contributed by atoms with Crippen LogP contribution < -0.4 is 4.90 Å². The normalized spacial score (nSPS) is 11.3. The molecule has 282 valence electrons. The van der Waals surface area contributed by atoms with Gasteiger partial charge in [0.25, 0.3) is 0 Å². The van der Waals surface area contributed by atoms with E-state index < -0.39 is 0 Å². The average molecular weight is 766 g/mol. The molecule has 0 aliphatic rings. The number of nitrogens with zero attached hydrogens (tertiary/aromatic N) is 1. The highest BCUT2D eigenvalue weighted by Gasteiger charge is 2.15. The summed E-state index contributed by atoms with van der Waals surface area (Å²) in [6, 6.07) is 84.9. The van der Waals surface area contributed by atoms with Crippen molar-refractivity contribution in [3.8, 4) is 55.6 Å². The molecule has 0 bridgehead atoms. The molecule has 0 radical (unpaired) electrons. The van der Waals surface area contributed by atoms with Crippen LogP contribution in [0.4, 0.5) is 17.1 Å². The van der Waals surface area contributed by atoms with E-state index in [0.717, 1.165) is 39.0 Å². The molecule has 0 unspecified atom stereocenters. The first-order valence-electron chi connectivity index (χ1n) is 20.5. The summed E-state index contributed by atoms with van der Waals surface area (Å²) >= 11 is 0. The van der Waals surface area contributed by atoms with Crippen LogP contribution in [-0.4, -0.2) is 0 Å². The van der Waals surface area contributed by atoms with Gasteiger partial charge in [-0.25, -0.2) is 0 Å². The topological polar surface area (TPSA) is 16.4 Å². The zero-order valence-corrected chi connectivity index (χ0v) is 32.9. The maximum absolute atomic E-state index is 6.08. The van der Waals surface area contributed by atoms with Crippen LogP contribution in [0.25, 0.3) is 88.3 Å². The summed E-state index contributed by atoms with van der Waals surface area (Å²) in [4.78, 5) is 2.35. The molecule has 0 spiro atoms. The lowest BCUT2D eigenvalue weighted by Gasteiger charge is -2.26. The van der Waals surface area contributed by atoms with Gasteiger partial charge in [0.05, 0.1) is 0 Å². The molecular weight excluding hydrogens is 727 g/mol. The molecular formula is C58H39NO. The number of para-hydroxylation sites is 1. The second-order valence-electron chi connectivity index (χ2n) is 15.3. The van der Waals surface area contributed by atoms with E-state index in [2.05, 4.69) is 229 Å². The molecule has 11 aromatic rings. The van der Waals surface area contributed by atoms with Crippen molar-refractivity contribution in [2.75, 3.05) is 4.90 Å². The third-order valence-corrected chi connectivity index (χ3v) is 11.7. The molecule has 0 saturated carbocycles. The molecule has 0 saturated heterocycles. The predicted octanol–water partition coefficient (Wildman–Crippen LogP) is 16.5. The number of hydrogen-bond donors (Lipinski definition) is 0. The molecule has 0 aliphatic carbocycles. The van der Waals surface area contributed by atoms with Gasteiger partial charge in [-0.1, -0.05) is 176 Å². The van der Waals surface area contributed by atoms with Gasteiger partial charge in [-0.15, -0.1) is 0 Å². The zero-order chi connectivity index (χ0) is 39.8. The Morgan fingerprint density at radius 3 is 1.32 bits per heavy atom. The van der Waals surface area contributed by atoms with Gasteiger partial charge < -0.3 is 9.32 Å². The van der Waals surface area contributed by atoms with E-state index >= 15 is 0 Å². The summed E-state index contributed by atoms with van der Waals surface area (Å²) in [7, 11) is 0. The lowest BCUT2D eigenvalue weighted by molar-refractivity contribution is 0.669. The van der Waals surface area contributed by atoms with E-state index in [1.165, 1.54) is 66.4 Å². The largest absolute Gasteiger partial charge is 0.456 e. The fraction of sp³-hybridized carbons (Fsp3) is 0. The highest BCUT2D eigenvalue weighted by atomic mass is 16.3. The molecule has 2 nitrogen and oxygen atoms in total. The molecule has 10 aromatic carbocycles. The monoisotopic (exact) mass is 765 g/mol. The molecule has 60 heavy (non-hydrogen) atoms. The predicted molar refractivity (Wildman–Crippen MR) is 253 cm³/mol. The van der Waals surface area contributed by atoms with Crippen LogP contribution in [0.1, 0.15) is 0 Å². The Morgan fingerprint density at radius 1 is 0.250 bits per heavy atom. The number of benzene rings is 10. The van der Waals surface area contributed by atoms with Gasteiger partial charge in [-0.3, -0.25) is 0 Å². The Balaban J connectivity index is 0.919. The minimum atomic E-state index is 0.913. The minimum absolute atomic E-state index is 0.913. The van der Waals surface area contributed by atoms with Crippen LogP contribution in [0.2, 0.25) is 0 Å². The van der Waals surface area contributed by atoms with Gasteiger partial charge in [-0.2, -0.15) is 0 Å². The van der Waals surface area contributed by atoms with Crippen LogP contribution in [0, 0.1) is 0 Å². The van der Waals surface area contributed by atoms with Crippen LogP contribution in [0.15, 0.2) is 241 Å². The van der Waals surface area contributed by atoms with Crippen molar-refractivity contribution in [3.05, 3.63) is 237 Å². The molecule has 11 rings (SSSR count). The number of furan rings is 1. The molecule has 0 fully saturated rings. The van der Waals surface area contributed by atoms with Crippen molar-refractivity contribution < 1.29 is 4.42 Å². The average Bonchev–Trinajstić information content (AvgIpc) is 3.71. The summed E-state index contributed by atoms with van der Waals surface area (Å²) < 4.78 is 6.08. The number of fused-ring (bicyclic) bond motifs is 4. The number of anilines is 3. The van der Waals surface area contributed by atoms with Gasteiger partial charge in [0.15, 0.2) is 0 Å². The van der Waals surface area contributed by atoms with Gasteiger partial charge >= 0.3 is 0 Å². The fourth-order valence-electron chi connectivity index (χ4n) is 8.59. The summed E-state index contributed by atoms with van der Waals surface area (Å²) in [6.07, 6.45) is 0. The molecule has 0 amide bonds. The zero-order valence-electron chi connectivity index (χ0n) is 32.9. The van der Waals surface area contributed by atoms with Gasteiger partial charge in [0.2, 0.25) is 0 Å². The molecule has 0 aliphatic heterocycles. The summed E-state index contributed by atoms with van der Waals surface area (Å²) in [5.74, 6) is 0. The Labute approximate surface area is 349 Å². The van der Waals surface area contributed by atoms with Gasteiger partial charge in [-0.05, 0) is 127 Å². The minimum Gasteiger partial charge on any atom is -0.456 e. The van der Waals surface area contributed by atoms with Crippen molar-refractivity contribution in [1.29, 1.82) is 0 Å². The SMILES string of the molecule is c1ccc(-c2cccc(-c3ccc(N(c4ccc(-c5ccc(-c6ccc7oc8ccccc8c7c6)cc5)cc4)c4ccc(-c5cccc6ccccc56)cc4)cc3)c2)cc1. The maximum atomic E-state index is 6.08. The third kappa shape index (κ3) is 6.61. The van der Waals surface area contributed by atoms with Crippen molar-refractivity contribution >= 4 is 49.8 Å². The Hall–Kier alpha value is -7.94. The molecule has 1 aromatic heterocycles. The Morgan fingerprint density at radius 2 is 0.667 bits per heavy atom. The summed E-state index contributed by atoms with van der Waals surface area (Å²) in [5.41, 5.74) is 17.0. The summed E-state index contributed by atoms with van der Waals surface area (Å²) in [5, 5.41) is 4.79. The van der Waals surface area contributed by atoms with Crippen LogP contribution in [-0.2, 0) is 0 Å². The first-order chi connectivity index (χ1) is 29.7. The van der Waals surface area contributed by atoms with E-state index in [1.807, 2.05) is 12.1 Å². The van der Waals surface area contributed by atoms with Crippen molar-refractivity contribution in [1.82, 2.24) is 0 Å². The highest BCUT2D eigenvalue weighted by Crippen LogP contribution is 2.39. The van der Waals surface area contributed by atoms with Gasteiger partial charge in [0.1, 0.15) is 11.2 Å². The van der Waals surface area contributed by atoms with Crippen LogP contribution in [0.5, 0.6) is 0 Å². The smallest absolute Gasteiger partial charge is 0.135 e. The molecule has 2 heteroatoms. The quantitative estimate of drug-likeness (QED) is 0.153. The number of rotatable bonds is 8. The molecule has 1 heterocycles. The van der Waals surface area contributed by atoms with E-state index in [0.29, 0.717) is 0 Å². The lowest BCUT2D eigenvalue weighted by atomic mass is 9.97.